The first-order valence-electron chi connectivity index (χ1n) is 9.73. The Hall–Kier alpha value is -3.94. The standard InChI is InChI=1S/C23H21N3O5/c1-13-20(14(2)31-25-13)12-30-17-7-4-15(5-8-17)10-21(27)24-16-6-9-18-19(11-16)23(29)26(3)22(18)28/h4-9,11H,10,12H2,1-3H3,(H,24,27). The van der Waals surface area contributed by atoms with Gasteiger partial charge in [-0.3, -0.25) is 19.3 Å². The number of nitrogens with zero attached hydrogens (tertiary/aromatic N) is 2. The zero-order chi connectivity index (χ0) is 22.1. The van der Waals surface area contributed by atoms with E-state index < -0.39 is 0 Å². The molecule has 1 aliphatic heterocycles. The topological polar surface area (TPSA) is 102 Å². The van der Waals surface area contributed by atoms with E-state index in [9.17, 15) is 14.4 Å². The fraction of sp³-hybridized carbons (Fsp3) is 0.217. The van der Waals surface area contributed by atoms with E-state index in [1.165, 1.54) is 13.1 Å². The molecule has 0 fully saturated rings. The van der Waals surface area contributed by atoms with E-state index in [1.54, 1.807) is 24.3 Å². The van der Waals surface area contributed by atoms with Gasteiger partial charge in [0, 0.05) is 12.7 Å². The van der Waals surface area contributed by atoms with Crippen LogP contribution in [-0.4, -0.2) is 34.8 Å². The number of aromatic nitrogens is 1. The van der Waals surface area contributed by atoms with Gasteiger partial charge >= 0.3 is 0 Å². The molecule has 0 saturated heterocycles. The van der Waals surface area contributed by atoms with E-state index >= 15 is 0 Å². The van der Waals surface area contributed by atoms with Gasteiger partial charge in [0.2, 0.25) is 5.91 Å². The molecule has 3 aromatic rings. The number of hydrogen-bond donors (Lipinski definition) is 1. The molecule has 0 bridgehead atoms. The molecule has 0 unspecified atom stereocenters. The third kappa shape index (κ3) is 4.05. The summed E-state index contributed by atoms with van der Waals surface area (Å²) in [6.45, 7) is 4.06. The summed E-state index contributed by atoms with van der Waals surface area (Å²) in [5.41, 5.74) is 3.65. The van der Waals surface area contributed by atoms with Gasteiger partial charge < -0.3 is 14.6 Å². The van der Waals surface area contributed by atoms with Crippen molar-refractivity contribution < 1.29 is 23.6 Å². The van der Waals surface area contributed by atoms with Gasteiger partial charge in [0.25, 0.3) is 11.8 Å². The van der Waals surface area contributed by atoms with Gasteiger partial charge in [0.15, 0.2) is 0 Å². The molecule has 1 N–H and O–H groups in total. The third-order valence-electron chi connectivity index (χ3n) is 5.23. The van der Waals surface area contributed by atoms with Crippen LogP contribution in [-0.2, 0) is 17.8 Å². The van der Waals surface area contributed by atoms with Gasteiger partial charge in [-0.05, 0) is 49.7 Å². The minimum absolute atomic E-state index is 0.161. The molecule has 0 atom stereocenters. The zero-order valence-corrected chi connectivity index (χ0v) is 17.4. The molecule has 4 rings (SSSR count). The lowest BCUT2D eigenvalue weighted by molar-refractivity contribution is -0.115. The number of carbonyl (C=O) groups excluding carboxylic acids is 3. The van der Waals surface area contributed by atoms with Gasteiger partial charge in [-0.2, -0.15) is 0 Å². The Morgan fingerprint density at radius 3 is 2.45 bits per heavy atom. The average molecular weight is 419 g/mol. The highest BCUT2D eigenvalue weighted by atomic mass is 16.5. The highest BCUT2D eigenvalue weighted by Gasteiger charge is 2.32. The van der Waals surface area contributed by atoms with E-state index in [0.29, 0.717) is 29.2 Å². The van der Waals surface area contributed by atoms with Gasteiger partial charge in [-0.25, -0.2) is 0 Å². The Morgan fingerprint density at radius 1 is 1.06 bits per heavy atom. The molecule has 0 spiro atoms. The van der Waals surface area contributed by atoms with Crippen LogP contribution in [0.2, 0.25) is 0 Å². The highest BCUT2D eigenvalue weighted by Crippen LogP contribution is 2.25. The van der Waals surface area contributed by atoms with Crippen molar-refractivity contribution in [3.05, 3.63) is 76.2 Å². The third-order valence-corrected chi connectivity index (χ3v) is 5.23. The molecule has 1 aliphatic rings. The Kier molecular flexibility index (Phi) is 5.29. The van der Waals surface area contributed by atoms with Crippen molar-refractivity contribution >= 4 is 23.4 Å². The Bertz CT molecular complexity index is 1160. The van der Waals surface area contributed by atoms with Gasteiger partial charge in [-0.1, -0.05) is 17.3 Å². The van der Waals surface area contributed by atoms with Crippen LogP contribution in [0.4, 0.5) is 5.69 Å². The zero-order valence-electron chi connectivity index (χ0n) is 17.4. The van der Waals surface area contributed by atoms with Crippen molar-refractivity contribution in [2.24, 2.45) is 0 Å². The maximum atomic E-state index is 12.4. The van der Waals surface area contributed by atoms with Gasteiger partial charge in [0.05, 0.1) is 28.8 Å². The second-order valence-electron chi connectivity index (χ2n) is 7.39. The summed E-state index contributed by atoms with van der Waals surface area (Å²) in [6, 6.07) is 12.0. The fourth-order valence-electron chi connectivity index (χ4n) is 3.40. The van der Waals surface area contributed by atoms with Crippen LogP contribution in [0.25, 0.3) is 0 Å². The van der Waals surface area contributed by atoms with Crippen molar-refractivity contribution in [2.45, 2.75) is 26.9 Å². The van der Waals surface area contributed by atoms with Crippen LogP contribution in [0.15, 0.2) is 47.0 Å². The number of fused-ring (bicyclic) bond motifs is 1. The SMILES string of the molecule is Cc1noc(C)c1COc1ccc(CC(=O)Nc2ccc3c(c2)C(=O)N(C)C3=O)cc1. The summed E-state index contributed by atoms with van der Waals surface area (Å²) in [5, 5.41) is 6.67. The second kappa shape index (κ2) is 8.06. The molecular weight excluding hydrogens is 398 g/mol. The number of aryl methyl sites for hydroxylation is 2. The average Bonchev–Trinajstić information content (AvgIpc) is 3.18. The van der Waals surface area contributed by atoms with E-state index in [0.717, 1.165) is 27.5 Å². The first kappa shape index (κ1) is 20.3. The molecular formula is C23H21N3O5. The van der Waals surface area contributed by atoms with E-state index in [2.05, 4.69) is 10.5 Å². The molecule has 8 nitrogen and oxygen atoms in total. The quantitative estimate of drug-likeness (QED) is 0.615. The monoisotopic (exact) mass is 419 g/mol. The minimum atomic E-state index is -0.372. The Labute approximate surface area is 178 Å². The number of anilines is 1. The maximum absolute atomic E-state index is 12.4. The smallest absolute Gasteiger partial charge is 0.261 e. The molecule has 8 heteroatoms. The van der Waals surface area contributed by atoms with Crippen molar-refractivity contribution in [1.29, 1.82) is 0 Å². The lowest BCUT2D eigenvalue weighted by Gasteiger charge is -2.08. The van der Waals surface area contributed by atoms with Crippen LogP contribution < -0.4 is 10.1 Å². The summed E-state index contributed by atoms with van der Waals surface area (Å²) in [6.07, 6.45) is 0.161. The number of hydrogen-bond acceptors (Lipinski definition) is 6. The molecule has 2 heterocycles. The predicted molar refractivity (Wildman–Crippen MR) is 112 cm³/mol. The van der Waals surface area contributed by atoms with Crippen LogP contribution in [0, 0.1) is 13.8 Å². The van der Waals surface area contributed by atoms with Crippen molar-refractivity contribution in [2.75, 3.05) is 12.4 Å². The molecule has 0 aliphatic carbocycles. The van der Waals surface area contributed by atoms with E-state index in [-0.39, 0.29) is 24.1 Å². The van der Waals surface area contributed by atoms with Crippen LogP contribution in [0.3, 0.4) is 0 Å². The van der Waals surface area contributed by atoms with Crippen molar-refractivity contribution in [1.82, 2.24) is 10.1 Å². The molecule has 2 aromatic carbocycles. The van der Waals surface area contributed by atoms with Crippen LogP contribution in [0.1, 0.15) is 43.3 Å². The van der Waals surface area contributed by atoms with E-state index in [1.807, 2.05) is 26.0 Å². The van der Waals surface area contributed by atoms with E-state index in [4.69, 9.17) is 9.26 Å². The van der Waals surface area contributed by atoms with Crippen molar-refractivity contribution in [3.8, 4) is 5.75 Å². The number of imide groups is 1. The largest absolute Gasteiger partial charge is 0.489 e. The molecule has 0 saturated carbocycles. The second-order valence-corrected chi connectivity index (χ2v) is 7.39. The summed E-state index contributed by atoms with van der Waals surface area (Å²) in [4.78, 5) is 37.5. The first-order chi connectivity index (χ1) is 14.8. The number of ether oxygens (including phenoxy) is 1. The summed E-state index contributed by atoms with van der Waals surface area (Å²) in [5.74, 6) is 0.470. The molecule has 158 valence electrons. The molecule has 1 aromatic heterocycles. The predicted octanol–water partition coefficient (Wildman–Crippen LogP) is 3.28. The molecule has 31 heavy (non-hydrogen) atoms. The Morgan fingerprint density at radius 2 is 1.77 bits per heavy atom. The summed E-state index contributed by atoms with van der Waals surface area (Å²) >= 11 is 0. The number of nitrogens with one attached hydrogen (secondary N) is 1. The maximum Gasteiger partial charge on any atom is 0.261 e. The number of carbonyl (C=O) groups is 3. The van der Waals surface area contributed by atoms with Gasteiger partial charge in [0.1, 0.15) is 18.1 Å². The number of amides is 3. The number of rotatable bonds is 6. The fourth-order valence-corrected chi connectivity index (χ4v) is 3.40. The molecule has 3 amide bonds. The van der Waals surface area contributed by atoms with Crippen LogP contribution in [0.5, 0.6) is 5.75 Å². The summed E-state index contributed by atoms with van der Waals surface area (Å²) < 4.78 is 10.9. The minimum Gasteiger partial charge on any atom is -0.489 e. The lowest BCUT2D eigenvalue weighted by Crippen LogP contribution is -2.24. The highest BCUT2D eigenvalue weighted by molar-refractivity contribution is 6.21. The lowest BCUT2D eigenvalue weighted by atomic mass is 10.1. The normalized spacial score (nSPS) is 12.8. The van der Waals surface area contributed by atoms with Crippen molar-refractivity contribution in [3.63, 3.8) is 0 Å². The summed E-state index contributed by atoms with van der Waals surface area (Å²) in [7, 11) is 1.44. The number of benzene rings is 2. The first-order valence-corrected chi connectivity index (χ1v) is 9.73. The van der Waals surface area contributed by atoms with Crippen LogP contribution >= 0.6 is 0 Å². The Balaban J connectivity index is 1.35. The molecule has 0 radical (unpaired) electrons. The van der Waals surface area contributed by atoms with Gasteiger partial charge in [-0.15, -0.1) is 0 Å².